The number of rotatable bonds is 6. The van der Waals surface area contributed by atoms with Gasteiger partial charge in [-0.2, -0.15) is 0 Å². The third kappa shape index (κ3) is 3.36. The van der Waals surface area contributed by atoms with E-state index in [4.69, 9.17) is 9.47 Å². The summed E-state index contributed by atoms with van der Waals surface area (Å²) in [6, 6.07) is 16.6. The molecule has 0 amide bonds. The summed E-state index contributed by atoms with van der Waals surface area (Å²) < 4.78 is 11.3. The van der Waals surface area contributed by atoms with Gasteiger partial charge < -0.3 is 9.47 Å². The number of carbonyl (C=O) groups excluding carboxylic acids is 2. The second-order valence-electron chi connectivity index (χ2n) is 9.52. The zero-order chi connectivity index (χ0) is 22.6. The molecule has 0 atom stereocenters. The van der Waals surface area contributed by atoms with Crippen LogP contribution in [0.25, 0.3) is 11.1 Å². The Morgan fingerprint density at radius 1 is 0.970 bits per heavy atom. The quantitative estimate of drug-likeness (QED) is 0.497. The SMILES string of the molecule is Cc1ccc(CC(=O)C2(c3ccc4c(c3)CCO4)CC2)cc1-c1cc(C=O)c2c(c1)CCO2. The van der Waals surface area contributed by atoms with Crippen molar-refractivity contribution in [3.8, 4) is 22.6 Å². The highest BCUT2D eigenvalue weighted by Crippen LogP contribution is 2.50. The van der Waals surface area contributed by atoms with Gasteiger partial charge in [0.25, 0.3) is 0 Å². The van der Waals surface area contributed by atoms with Crippen molar-refractivity contribution >= 4 is 12.1 Å². The Labute approximate surface area is 193 Å². The van der Waals surface area contributed by atoms with Crippen LogP contribution >= 0.6 is 0 Å². The van der Waals surface area contributed by atoms with Gasteiger partial charge in [0.2, 0.25) is 0 Å². The molecule has 166 valence electrons. The van der Waals surface area contributed by atoms with E-state index in [0.717, 1.165) is 77.7 Å². The monoisotopic (exact) mass is 438 g/mol. The molecule has 0 radical (unpaired) electrons. The number of Topliss-reactive ketones (excluding diaryl/α,β-unsaturated/α-hetero) is 1. The van der Waals surface area contributed by atoms with Crippen molar-refractivity contribution in [2.24, 2.45) is 0 Å². The minimum absolute atomic E-state index is 0.284. The molecule has 6 rings (SSSR count). The minimum atomic E-state index is -0.349. The maximum absolute atomic E-state index is 13.5. The molecule has 0 bridgehead atoms. The highest BCUT2D eigenvalue weighted by molar-refractivity contribution is 5.95. The van der Waals surface area contributed by atoms with E-state index in [1.165, 1.54) is 5.56 Å². The number of carbonyl (C=O) groups is 2. The Hall–Kier alpha value is -3.40. The molecule has 4 nitrogen and oxygen atoms in total. The number of ketones is 1. The van der Waals surface area contributed by atoms with E-state index in [0.29, 0.717) is 24.3 Å². The van der Waals surface area contributed by atoms with Gasteiger partial charge in [0.1, 0.15) is 17.3 Å². The van der Waals surface area contributed by atoms with Crippen molar-refractivity contribution in [1.82, 2.24) is 0 Å². The summed E-state index contributed by atoms with van der Waals surface area (Å²) in [6.45, 7) is 3.41. The third-order valence-corrected chi connectivity index (χ3v) is 7.44. The van der Waals surface area contributed by atoms with Crippen molar-refractivity contribution in [3.05, 3.63) is 81.9 Å². The van der Waals surface area contributed by atoms with Crippen LogP contribution in [0.2, 0.25) is 0 Å². The molecule has 1 fully saturated rings. The molecule has 0 aromatic heterocycles. The molecule has 0 spiro atoms. The summed E-state index contributed by atoms with van der Waals surface area (Å²) in [5.74, 6) is 1.96. The maximum atomic E-state index is 13.5. The number of hydrogen-bond donors (Lipinski definition) is 0. The first-order valence-electron chi connectivity index (χ1n) is 11.7. The zero-order valence-electron chi connectivity index (χ0n) is 18.8. The molecular formula is C29H26O4. The van der Waals surface area contributed by atoms with Crippen molar-refractivity contribution in [1.29, 1.82) is 0 Å². The molecule has 4 heteroatoms. The Morgan fingerprint density at radius 2 is 1.79 bits per heavy atom. The molecule has 2 aliphatic heterocycles. The summed E-state index contributed by atoms with van der Waals surface area (Å²) in [6.07, 6.45) is 4.85. The van der Waals surface area contributed by atoms with Crippen LogP contribution in [0.5, 0.6) is 11.5 Å². The van der Waals surface area contributed by atoms with Crippen molar-refractivity contribution in [2.75, 3.05) is 13.2 Å². The van der Waals surface area contributed by atoms with Gasteiger partial charge >= 0.3 is 0 Å². The van der Waals surface area contributed by atoms with Gasteiger partial charge in [-0.25, -0.2) is 0 Å². The lowest BCUT2D eigenvalue weighted by atomic mass is 9.86. The number of ether oxygens (including phenoxy) is 2. The third-order valence-electron chi connectivity index (χ3n) is 7.44. The number of benzene rings is 3. The normalized spacial score (nSPS) is 17.0. The van der Waals surface area contributed by atoms with Gasteiger partial charge in [-0.3, -0.25) is 9.59 Å². The van der Waals surface area contributed by atoms with Crippen molar-refractivity contribution < 1.29 is 19.1 Å². The second-order valence-corrected chi connectivity index (χ2v) is 9.52. The predicted octanol–water partition coefficient (Wildman–Crippen LogP) is 5.19. The van der Waals surface area contributed by atoms with E-state index in [2.05, 4.69) is 43.3 Å². The van der Waals surface area contributed by atoms with Gasteiger partial charge in [0.05, 0.1) is 24.2 Å². The summed E-state index contributed by atoms with van der Waals surface area (Å²) in [5, 5.41) is 0. The van der Waals surface area contributed by atoms with E-state index in [9.17, 15) is 9.59 Å². The van der Waals surface area contributed by atoms with E-state index >= 15 is 0 Å². The van der Waals surface area contributed by atoms with E-state index < -0.39 is 0 Å². The lowest BCUT2D eigenvalue weighted by molar-refractivity contribution is -0.120. The summed E-state index contributed by atoms with van der Waals surface area (Å²) in [5.41, 5.74) is 7.90. The van der Waals surface area contributed by atoms with Gasteiger partial charge in [-0.1, -0.05) is 30.3 Å². The number of hydrogen-bond acceptors (Lipinski definition) is 4. The van der Waals surface area contributed by atoms with E-state index in [1.807, 2.05) is 12.1 Å². The molecule has 0 N–H and O–H groups in total. The Kier molecular flexibility index (Phi) is 4.65. The average Bonchev–Trinajstić information content (AvgIpc) is 3.27. The Morgan fingerprint density at radius 3 is 2.61 bits per heavy atom. The van der Waals surface area contributed by atoms with Crippen LogP contribution in [-0.2, 0) is 29.5 Å². The van der Waals surface area contributed by atoms with Gasteiger partial charge in [-0.15, -0.1) is 0 Å². The highest BCUT2D eigenvalue weighted by Gasteiger charge is 2.50. The molecule has 1 saturated carbocycles. The van der Waals surface area contributed by atoms with Crippen LogP contribution in [-0.4, -0.2) is 25.3 Å². The summed E-state index contributed by atoms with van der Waals surface area (Å²) in [4.78, 5) is 25.1. The van der Waals surface area contributed by atoms with Crippen molar-refractivity contribution in [2.45, 2.75) is 44.4 Å². The van der Waals surface area contributed by atoms with Crippen LogP contribution < -0.4 is 9.47 Å². The van der Waals surface area contributed by atoms with E-state index in [1.54, 1.807) is 0 Å². The number of aldehydes is 1. The molecule has 0 unspecified atom stereocenters. The lowest BCUT2D eigenvalue weighted by Crippen LogP contribution is -2.22. The first kappa shape index (κ1) is 20.2. The smallest absolute Gasteiger partial charge is 0.153 e. The zero-order valence-corrected chi connectivity index (χ0v) is 18.8. The van der Waals surface area contributed by atoms with Crippen LogP contribution in [0.3, 0.4) is 0 Å². The predicted molar refractivity (Wildman–Crippen MR) is 126 cm³/mol. The van der Waals surface area contributed by atoms with Crippen molar-refractivity contribution in [3.63, 3.8) is 0 Å². The molecule has 1 aliphatic carbocycles. The standard InChI is InChI=1S/C29H26O4/c1-18-2-3-19(12-25(18)22-14-21-7-11-33-28(21)23(15-22)17-30)13-27(31)29(8-9-29)24-4-5-26-20(16-24)6-10-32-26/h2-5,12,14-17H,6-11,13H2,1H3. The minimum Gasteiger partial charge on any atom is -0.493 e. The molecule has 33 heavy (non-hydrogen) atoms. The first-order valence-corrected chi connectivity index (χ1v) is 11.7. The fourth-order valence-electron chi connectivity index (χ4n) is 5.36. The Bertz CT molecular complexity index is 1300. The average molecular weight is 439 g/mol. The molecule has 2 heterocycles. The molecular weight excluding hydrogens is 412 g/mol. The molecule has 3 aromatic carbocycles. The highest BCUT2D eigenvalue weighted by atomic mass is 16.5. The van der Waals surface area contributed by atoms with Crippen LogP contribution in [0.1, 0.15) is 51.0 Å². The van der Waals surface area contributed by atoms with Gasteiger partial charge in [-0.05, 0) is 76.9 Å². The fourth-order valence-corrected chi connectivity index (χ4v) is 5.36. The van der Waals surface area contributed by atoms with Gasteiger partial charge in [0.15, 0.2) is 6.29 Å². The molecule has 0 saturated heterocycles. The lowest BCUT2D eigenvalue weighted by Gasteiger charge is -2.17. The topological polar surface area (TPSA) is 52.6 Å². The van der Waals surface area contributed by atoms with E-state index in [-0.39, 0.29) is 11.2 Å². The summed E-state index contributed by atoms with van der Waals surface area (Å²) >= 11 is 0. The Balaban J connectivity index is 1.30. The largest absolute Gasteiger partial charge is 0.493 e. The second kappa shape index (κ2) is 7.58. The molecule has 3 aliphatic rings. The van der Waals surface area contributed by atoms with Gasteiger partial charge in [0, 0.05) is 19.3 Å². The number of fused-ring (bicyclic) bond motifs is 2. The fraction of sp³-hybridized carbons (Fsp3) is 0.310. The number of aryl methyl sites for hydroxylation is 1. The first-order chi connectivity index (χ1) is 16.1. The summed E-state index contributed by atoms with van der Waals surface area (Å²) in [7, 11) is 0. The van der Waals surface area contributed by atoms with Crippen LogP contribution in [0.4, 0.5) is 0 Å². The van der Waals surface area contributed by atoms with Crippen LogP contribution in [0, 0.1) is 6.92 Å². The van der Waals surface area contributed by atoms with Crippen LogP contribution in [0.15, 0.2) is 48.5 Å². The molecule has 3 aromatic rings. The maximum Gasteiger partial charge on any atom is 0.153 e.